The zero-order valence-corrected chi connectivity index (χ0v) is 18.1. The van der Waals surface area contributed by atoms with Crippen molar-refractivity contribution in [1.82, 2.24) is 4.90 Å². The molecular weight excluding hydrogens is 444 g/mol. The molecule has 5 rings (SSSR count). The molecule has 34 heavy (non-hydrogen) atoms. The molecule has 3 aromatic rings. The highest BCUT2D eigenvalue weighted by Gasteiger charge is 2.27. The van der Waals surface area contributed by atoms with E-state index in [9.17, 15) is 18.4 Å². The van der Waals surface area contributed by atoms with Crippen LogP contribution in [0.15, 0.2) is 60.7 Å². The minimum absolute atomic E-state index is 0.134. The van der Waals surface area contributed by atoms with E-state index in [0.29, 0.717) is 47.1 Å². The third kappa shape index (κ3) is 4.36. The standard InChI is InChI=1S/C25H21F2N3O4/c26-20-8-2-16(12-21(20)27)14-29-10-1-11-30(25(29)32)19-6-4-18(5-7-19)28-24(31)17-3-9-22-23(13-17)34-15-33-22/h2-9,12-13H,1,10-11,14-15H2,(H,28,31). The van der Waals surface area contributed by atoms with Crippen molar-refractivity contribution in [1.29, 1.82) is 0 Å². The van der Waals surface area contributed by atoms with Gasteiger partial charge in [0.2, 0.25) is 6.79 Å². The van der Waals surface area contributed by atoms with Crippen LogP contribution in [0.2, 0.25) is 0 Å². The maximum absolute atomic E-state index is 13.5. The lowest BCUT2D eigenvalue weighted by atomic mass is 10.1. The van der Waals surface area contributed by atoms with Gasteiger partial charge in [0.15, 0.2) is 23.1 Å². The quantitative estimate of drug-likeness (QED) is 0.589. The van der Waals surface area contributed by atoms with E-state index in [1.165, 1.54) is 6.07 Å². The average molecular weight is 465 g/mol. The van der Waals surface area contributed by atoms with E-state index in [1.54, 1.807) is 52.3 Å². The Morgan fingerprint density at radius 1 is 0.912 bits per heavy atom. The molecule has 3 aromatic carbocycles. The first kappa shape index (κ1) is 21.7. The number of fused-ring (bicyclic) bond motifs is 1. The van der Waals surface area contributed by atoms with Crippen LogP contribution in [0.5, 0.6) is 11.5 Å². The molecule has 0 saturated carbocycles. The second kappa shape index (κ2) is 9.01. The summed E-state index contributed by atoms with van der Waals surface area (Å²) in [5, 5.41) is 2.83. The molecule has 7 nitrogen and oxygen atoms in total. The summed E-state index contributed by atoms with van der Waals surface area (Å²) in [6.45, 7) is 1.39. The van der Waals surface area contributed by atoms with Crippen molar-refractivity contribution < 1.29 is 27.8 Å². The summed E-state index contributed by atoms with van der Waals surface area (Å²) in [6, 6.07) is 15.4. The molecule has 2 heterocycles. The van der Waals surface area contributed by atoms with Gasteiger partial charge in [-0.2, -0.15) is 0 Å². The number of benzene rings is 3. The van der Waals surface area contributed by atoms with Gasteiger partial charge >= 0.3 is 6.03 Å². The van der Waals surface area contributed by atoms with E-state index in [-0.39, 0.29) is 25.3 Å². The number of urea groups is 1. The molecule has 0 atom stereocenters. The predicted octanol–water partition coefficient (Wildman–Crippen LogP) is 4.78. The molecule has 2 aliphatic rings. The second-order valence-electron chi connectivity index (χ2n) is 8.03. The number of nitrogens with zero attached hydrogens (tertiary/aromatic N) is 2. The van der Waals surface area contributed by atoms with Crippen LogP contribution >= 0.6 is 0 Å². The van der Waals surface area contributed by atoms with E-state index < -0.39 is 11.6 Å². The predicted molar refractivity (Wildman–Crippen MR) is 121 cm³/mol. The lowest BCUT2D eigenvalue weighted by Gasteiger charge is -2.35. The fraction of sp³-hybridized carbons (Fsp3) is 0.200. The monoisotopic (exact) mass is 465 g/mol. The Morgan fingerprint density at radius 2 is 1.71 bits per heavy atom. The minimum Gasteiger partial charge on any atom is -0.454 e. The number of rotatable bonds is 5. The number of hydrogen-bond acceptors (Lipinski definition) is 4. The zero-order chi connectivity index (χ0) is 23.7. The summed E-state index contributed by atoms with van der Waals surface area (Å²) in [4.78, 5) is 28.8. The average Bonchev–Trinajstić information content (AvgIpc) is 3.31. The largest absolute Gasteiger partial charge is 0.454 e. The molecule has 0 aromatic heterocycles. The van der Waals surface area contributed by atoms with Gasteiger partial charge in [0.25, 0.3) is 5.91 Å². The fourth-order valence-corrected chi connectivity index (χ4v) is 3.99. The number of amides is 3. The molecule has 1 N–H and O–H groups in total. The van der Waals surface area contributed by atoms with Crippen LogP contribution in [0.3, 0.4) is 0 Å². The van der Waals surface area contributed by atoms with Crippen LogP contribution in [0.1, 0.15) is 22.3 Å². The Balaban J connectivity index is 1.24. The Kier molecular flexibility index (Phi) is 5.75. The number of hydrogen-bond donors (Lipinski definition) is 1. The minimum atomic E-state index is -0.933. The molecule has 1 saturated heterocycles. The first-order chi connectivity index (χ1) is 16.5. The first-order valence-corrected chi connectivity index (χ1v) is 10.8. The summed E-state index contributed by atoms with van der Waals surface area (Å²) in [5.41, 5.74) is 2.22. The Morgan fingerprint density at radius 3 is 2.50 bits per heavy atom. The molecule has 0 bridgehead atoms. The summed E-state index contributed by atoms with van der Waals surface area (Å²) < 4.78 is 37.3. The maximum Gasteiger partial charge on any atom is 0.324 e. The van der Waals surface area contributed by atoms with Crippen molar-refractivity contribution in [2.24, 2.45) is 0 Å². The summed E-state index contributed by atoms with van der Waals surface area (Å²) in [7, 11) is 0. The van der Waals surface area contributed by atoms with E-state index in [0.717, 1.165) is 18.6 Å². The van der Waals surface area contributed by atoms with Crippen molar-refractivity contribution in [3.05, 3.63) is 83.4 Å². The lowest BCUT2D eigenvalue weighted by molar-refractivity contribution is 0.102. The third-order valence-electron chi connectivity index (χ3n) is 5.74. The molecule has 3 amide bonds. The number of halogens is 2. The second-order valence-corrected chi connectivity index (χ2v) is 8.03. The van der Waals surface area contributed by atoms with Crippen molar-refractivity contribution >= 4 is 23.3 Å². The van der Waals surface area contributed by atoms with Crippen LogP contribution < -0.4 is 19.7 Å². The fourth-order valence-electron chi connectivity index (χ4n) is 3.99. The van der Waals surface area contributed by atoms with E-state index in [2.05, 4.69) is 5.32 Å². The summed E-state index contributed by atoms with van der Waals surface area (Å²) in [5.74, 6) is -1.01. The molecule has 0 unspecified atom stereocenters. The van der Waals surface area contributed by atoms with Gasteiger partial charge in [0.05, 0.1) is 0 Å². The van der Waals surface area contributed by atoms with E-state index in [4.69, 9.17) is 9.47 Å². The van der Waals surface area contributed by atoms with Gasteiger partial charge in [-0.15, -0.1) is 0 Å². The lowest BCUT2D eigenvalue weighted by Crippen LogP contribution is -2.49. The Bertz CT molecular complexity index is 1250. The van der Waals surface area contributed by atoms with Gasteiger partial charge in [-0.05, 0) is 66.6 Å². The zero-order valence-electron chi connectivity index (χ0n) is 18.1. The van der Waals surface area contributed by atoms with Crippen molar-refractivity contribution in [3.8, 4) is 11.5 Å². The SMILES string of the molecule is O=C(Nc1ccc(N2CCCN(Cc3ccc(F)c(F)c3)C2=O)cc1)c1ccc2c(c1)OCO2. The van der Waals surface area contributed by atoms with Gasteiger partial charge in [-0.25, -0.2) is 13.6 Å². The van der Waals surface area contributed by atoms with Crippen molar-refractivity contribution in [2.75, 3.05) is 30.1 Å². The van der Waals surface area contributed by atoms with Crippen LogP contribution in [-0.4, -0.2) is 36.7 Å². The number of nitrogens with one attached hydrogen (secondary N) is 1. The molecule has 9 heteroatoms. The van der Waals surface area contributed by atoms with Gasteiger partial charge in [-0.1, -0.05) is 6.07 Å². The van der Waals surface area contributed by atoms with E-state index in [1.807, 2.05) is 0 Å². The number of ether oxygens (including phenoxy) is 2. The Labute approximate surface area is 194 Å². The molecule has 1 fully saturated rings. The summed E-state index contributed by atoms with van der Waals surface area (Å²) >= 11 is 0. The van der Waals surface area contributed by atoms with Gasteiger partial charge in [-0.3, -0.25) is 9.69 Å². The van der Waals surface area contributed by atoms with Gasteiger partial charge < -0.3 is 19.7 Å². The molecule has 0 radical (unpaired) electrons. The number of carbonyl (C=O) groups excluding carboxylic acids is 2. The van der Waals surface area contributed by atoms with Crippen LogP contribution in [0.4, 0.5) is 25.0 Å². The van der Waals surface area contributed by atoms with Crippen LogP contribution in [-0.2, 0) is 6.54 Å². The molecular formula is C25H21F2N3O4. The van der Waals surface area contributed by atoms with Gasteiger partial charge in [0.1, 0.15) is 0 Å². The molecule has 174 valence electrons. The number of anilines is 2. The molecule has 0 aliphatic carbocycles. The van der Waals surface area contributed by atoms with E-state index >= 15 is 0 Å². The first-order valence-electron chi connectivity index (χ1n) is 10.8. The van der Waals surface area contributed by atoms with Crippen LogP contribution in [0.25, 0.3) is 0 Å². The highest BCUT2D eigenvalue weighted by Crippen LogP contribution is 2.32. The van der Waals surface area contributed by atoms with Crippen molar-refractivity contribution in [3.63, 3.8) is 0 Å². The van der Waals surface area contributed by atoms with Crippen molar-refractivity contribution in [2.45, 2.75) is 13.0 Å². The molecule has 2 aliphatic heterocycles. The molecule has 0 spiro atoms. The smallest absolute Gasteiger partial charge is 0.324 e. The third-order valence-corrected chi connectivity index (χ3v) is 5.74. The summed E-state index contributed by atoms with van der Waals surface area (Å²) in [6.07, 6.45) is 0.734. The Hall–Kier alpha value is -4.14. The maximum atomic E-state index is 13.5. The highest BCUT2D eigenvalue weighted by atomic mass is 19.2. The van der Waals surface area contributed by atoms with Crippen LogP contribution in [0, 0.1) is 11.6 Å². The normalized spacial score (nSPS) is 14.9. The topological polar surface area (TPSA) is 71.1 Å². The number of carbonyl (C=O) groups is 2. The van der Waals surface area contributed by atoms with Gasteiger partial charge in [0, 0.05) is 36.6 Å². The highest BCUT2D eigenvalue weighted by molar-refractivity contribution is 6.05.